The average Bonchev–Trinajstić information content (AvgIpc) is 3.62. The van der Waals surface area contributed by atoms with E-state index in [1.54, 1.807) is 30.3 Å². The van der Waals surface area contributed by atoms with Gasteiger partial charge in [0.05, 0.1) is 46.9 Å². The van der Waals surface area contributed by atoms with Crippen LogP contribution in [-0.2, 0) is 10.3 Å². The molecule has 0 aromatic carbocycles. The van der Waals surface area contributed by atoms with Crippen molar-refractivity contribution in [3.8, 4) is 16.9 Å². The zero-order chi connectivity index (χ0) is 29.9. The Balaban J connectivity index is 1.31. The lowest BCUT2D eigenvalue weighted by Crippen LogP contribution is -2.50. The first-order valence-corrected chi connectivity index (χ1v) is 14.3. The molecule has 1 aliphatic heterocycles. The molecule has 222 valence electrons. The Hall–Kier alpha value is -4.16. The summed E-state index contributed by atoms with van der Waals surface area (Å²) in [5, 5.41) is 19.8. The van der Waals surface area contributed by atoms with Crippen LogP contribution in [0.4, 0.5) is 11.4 Å². The maximum atomic E-state index is 13.0. The average molecular weight is 573 g/mol. The van der Waals surface area contributed by atoms with Gasteiger partial charge in [0.2, 0.25) is 0 Å². The van der Waals surface area contributed by atoms with Crippen molar-refractivity contribution < 1.29 is 9.53 Å². The van der Waals surface area contributed by atoms with Gasteiger partial charge in [0, 0.05) is 56.8 Å². The zero-order valence-electron chi connectivity index (χ0n) is 25.3. The highest BCUT2D eigenvalue weighted by Gasteiger charge is 2.22. The van der Waals surface area contributed by atoms with Crippen molar-refractivity contribution >= 4 is 17.3 Å². The number of anilines is 2. The van der Waals surface area contributed by atoms with E-state index < -0.39 is 0 Å². The quantitative estimate of drug-likeness (QED) is 0.288. The summed E-state index contributed by atoms with van der Waals surface area (Å²) in [5.41, 5.74) is 5.71. The van der Waals surface area contributed by atoms with Crippen molar-refractivity contribution in [1.82, 2.24) is 40.1 Å². The van der Waals surface area contributed by atoms with E-state index in [1.165, 1.54) is 0 Å². The van der Waals surface area contributed by atoms with Crippen LogP contribution in [0.25, 0.3) is 16.9 Å². The molecule has 12 nitrogen and oxygen atoms in total. The summed E-state index contributed by atoms with van der Waals surface area (Å²) in [6.45, 7) is 13.5. The number of rotatable bonds is 9. The second kappa shape index (κ2) is 12.4. The summed E-state index contributed by atoms with van der Waals surface area (Å²) >= 11 is 0. The fraction of sp³-hybridized carbons (Fsp3) is 0.467. The van der Waals surface area contributed by atoms with Crippen molar-refractivity contribution in [3.05, 3.63) is 60.1 Å². The molecule has 0 aliphatic carbocycles. The number of carbonyl (C=O) groups is 1. The molecule has 1 amide bonds. The van der Waals surface area contributed by atoms with Crippen LogP contribution in [0.1, 0.15) is 55.5 Å². The lowest BCUT2D eigenvalue weighted by Gasteiger charge is -2.35. The second-order valence-electron chi connectivity index (χ2n) is 11.7. The molecule has 4 aromatic heterocycles. The lowest BCUT2D eigenvalue weighted by atomic mass is 10.1. The Morgan fingerprint density at radius 1 is 1.17 bits per heavy atom. The summed E-state index contributed by atoms with van der Waals surface area (Å²) in [7, 11) is 1.74. The van der Waals surface area contributed by atoms with Gasteiger partial charge in [-0.25, -0.2) is 4.68 Å². The topological polar surface area (TPSA) is 128 Å². The van der Waals surface area contributed by atoms with Gasteiger partial charge in [-0.2, -0.15) is 5.10 Å². The minimum Gasteiger partial charge on any atom is -0.385 e. The van der Waals surface area contributed by atoms with E-state index in [2.05, 4.69) is 67.7 Å². The highest BCUT2D eigenvalue weighted by atomic mass is 16.5. The van der Waals surface area contributed by atoms with Crippen LogP contribution in [0.5, 0.6) is 0 Å². The third-order valence-corrected chi connectivity index (χ3v) is 7.36. The number of amides is 1. The second-order valence-corrected chi connectivity index (χ2v) is 11.7. The molecule has 5 rings (SSSR count). The van der Waals surface area contributed by atoms with Crippen LogP contribution >= 0.6 is 0 Å². The minimum atomic E-state index is -0.297. The number of aryl methyl sites for hydroxylation is 2. The van der Waals surface area contributed by atoms with Gasteiger partial charge in [-0.15, -0.1) is 5.10 Å². The summed E-state index contributed by atoms with van der Waals surface area (Å²) in [6.07, 6.45) is 9.29. The summed E-state index contributed by atoms with van der Waals surface area (Å²) in [4.78, 5) is 24.4. The van der Waals surface area contributed by atoms with Gasteiger partial charge in [0.15, 0.2) is 5.69 Å². The first kappa shape index (κ1) is 29.3. The van der Waals surface area contributed by atoms with Gasteiger partial charge in [-0.05, 0) is 65.7 Å². The summed E-state index contributed by atoms with van der Waals surface area (Å²) < 4.78 is 8.74. The van der Waals surface area contributed by atoms with Gasteiger partial charge < -0.3 is 20.3 Å². The van der Waals surface area contributed by atoms with E-state index in [1.807, 2.05) is 37.0 Å². The van der Waals surface area contributed by atoms with E-state index in [4.69, 9.17) is 4.74 Å². The fourth-order valence-electron chi connectivity index (χ4n) is 5.26. The number of ether oxygens (including phenoxy) is 1. The Morgan fingerprint density at radius 3 is 2.76 bits per heavy atom. The van der Waals surface area contributed by atoms with Gasteiger partial charge in [-0.3, -0.25) is 19.4 Å². The summed E-state index contributed by atoms with van der Waals surface area (Å²) in [6, 6.07) is 6.15. The first-order valence-electron chi connectivity index (χ1n) is 14.3. The van der Waals surface area contributed by atoms with Crippen molar-refractivity contribution in [2.24, 2.45) is 0 Å². The van der Waals surface area contributed by atoms with E-state index >= 15 is 0 Å². The Kier molecular flexibility index (Phi) is 8.64. The predicted molar refractivity (Wildman–Crippen MR) is 162 cm³/mol. The van der Waals surface area contributed by atoms with Crippen molar-refractivity contribution in [3.63, 3.8) is 0 Å². The molecule has 0 bridgehead atoms. The maximum absolute atomic E-state index is 13.0. The molecule has 0 saturated carbocycles. The molecule has 1 fully saturated rings. The highest BCUT2D eigenvalue weighted by Crippen LogP contribution is 2.25. The van der Waals surface area contributed by atoms with Crippen LogP contribution in [0.3, 0.4) is 0 Å². The minimum absolute atomic E-state index is 0.224. The van der Waals surface area contributed by atoms with Crippen LogP contribution in [0, 0.1) is 13.8 Å². The van der Waals surface area contributed by atoms with Crippen molar-refractivity contribution in [2.45, 2.75) is 59.0 Å². The van der Waals surface area contributed by atoms with Crippen LogP contribution in [0.15, 0.2) is 43.0 Å². The highest BCUT2D eigenvalue weighted by molar-refractivity contribution is 6.03. The Bertz CT molecular complexity index is 1540. The molecule has 1 saturated heterocycles. The maximum Gasteiger partial charge on any atom is 0.276 e. The largest absolute Gasteiger partial charge is 0.385 e. The number of aromatic nitrogens is 7. The van der Waals surface area contributed by atoms with Crippen LogP contribution in [0.2, 0.25) is 0 Å². The van der Waals surface area contributed by atoms with Crippen molar-refractivity contribution in [1.29, 1.82) is 0 Å². The molecule has 2 N–H and O–H groups in total. The summed E-state index contributed by atoms with van der Waals surface area (Å²) in [5.74, 6) is -0.297. The number of hydrogen-bond acceptors (Lipinski definition) is 9. The smallest absolute Gasteiger partial charge is 0.276 e. The van der Waals surface area contributed by atoms with Gasteiger partial charge in [0.25, 0.3) is 5.91 Å². The van der Waals surface area contributed by atoms with Gasteiger partial charge >= 0.3 is 0 Å². The molecular weight excluding hydrogens is 532 g/mol. The number of hydrogen-bond donors (Lipinski definition) is 2. The number of methoxy groups -OCH3 is 1. The monoisotopic (exact) mass is 572 g/mol. The SMILES string of the molecule is COCCCC1CN(c2cncc(-c3cn(-c4cc(NC(=O)c5cc(C)n(C(C)(C)C)n5)cnc4C)nn3)c2)CCN1. The molecule has 0 radical (unpaired) electrons. The van der Waals surface area contributed by atoms with E-state index in [0.717, 1.165) is 61.7 Å². The molecule has 1 atom stereocenters. The number of piperazine rings is 1. The standard InChI is InChI=1S/C30H40N10O2/c1-20-12-26(36-40(20)30(3,4)5)29(41)34-24-14-28(21(2)33-16-24)39-19-27(35-37-39)22-13-25(17-31-15-22)38-10-9-32-23(18-38)8-7-11-42-6/h12-17,19,23,32H,7-11,18H2,1-6H3,(H,34,41). The van der Waals surface area contributed by atoms with E-state index in [-0.39, 0.29) is 11.4 Å². The third kappa shape index (κ3) is 6.66. The molecule has 12 heteroatoms. The molecular formula is C30H40N10O2. The molecule has 5 heterocycles. The number of nitrogens with one attached hydrogen (secondary N) is 2. The normalized spacial score (nSPS) is 15.7. The van der Waals surface area contributed by atoms with Crippen LogP contribution in [-0.4, -0.2) is 80.0 Å². The van der Waals surface area contributed by atoms with Gasteiger partial charge in [-0.1, -0.05) is 5.21 Å². The van der Waals surface area contributed by atoms with E-state index in [9.17, 15) is 4.79 Å². The lowest BCUT2D eigenvalue weighted by molar-refractivity contribution is 0.102. The number of pyridine rings is 2. The Labute approximate surface area is 246 Å². The van der Waals surface area contributed by atoms with Gasteiger partial charge in [0.1, 0.15) is 5.69 Å². The zero-order valence-corrected chi connectivity index (χ0v) is 25.3. The fourth-order valence-corrected chi connectivity index (χ4v) is 5.26. The molecule has 1 unspecified atom stereocenters. The van der Waals surface area contributed by atoms with Crippen molar-refractivity contribution in [2.75, 3.05) is 43.6 Å². The third-order valence-electron chi connectivity index (χ3n) is 7.36. The predicted octanol–water partition coefficient (Wildman–Crippen LogP) is 3.75. The molecule has 4 aromatic rings. The molecule has 0 spiro atoms. The number of nitrogens with zero attached hydrogens (tertiary/aromatic N) is 8. The molecule has 42 heavy (non-hydrogen) atoms. The molecule has 1 aliphatic rings. The van der Waals surface area contributed by atoms with Crippen LogP contribution < -0.4 is 15.5 Å². The first-order chi connectivity index (χ1) is 20.1. The number of carbonyl (C=O) groups excluding carboxylic acids is 1. The van der Waals surface area contributed by atoms with E-state index in [0.29, 0.717) is 28.8 Å². The Morgan fingerprint density at radius 2 is 2.00 bits per heavy atom.